The normalized spacial score (nSPS) is 26.0. The monoisotopic (exact) mass is 474 g/mol. The molecule has 3 aliphatic rings. The molecule has 0 aromatic heterocycles. The fourth-order valence-electron chi connectivity index (χ4n) is 4.94. The number of allylic oxidation sites excluding steroid dienone is 2. The van der Waals surface area contributed by atoms with Crippen LogP contribution in [-0.2, 0) is 16.1 Å². The van der Waals surface area contributed by atoms with Gasteiger partial charge in [0.25, 0.3) is 17.7 Å². The van der Waals surface area contributed by atoms with Crippen molar-refractivity contribution in [2.75, 3.05) is 0 Å². The molecule has 2 bridgehead atoms. The minimum Gasteiger partial charge on any atom is -0.272 e. The van der Waals surface area contributed by atoms with Crippen molar-refractivity contribution in [3.05, 3.63) is 80.8 Å². The number of amides is 3. The lowest BCUT2D eigenvalue weighted by Gasteiger charge is -2.32. The van der Waals surface area contributed by atoms with Crippen molar-refractivity contribution in [1.82, 2.24) is 10.0 Å². The number of fused-ring (bicyclic) bond motifs is 5. The van der Waals surface area contributed by atoms with Gasteiger partial charge in [-0.25, -0.2) is 5.01 Å². The van der Waals surface area contributed by atoms with E-state index >= 15 is 0 Å². The maximum atomic E-state index is 13.5. The molecule has 31 heavy (non-hydrogen) atoms. The smallest absolute Gasteiger partial charge is 0.272 e. The summed E-state index contributed by atoms with van der Waals surface area (Å²) in [5.74, 6) is -2.02. The van der Waals surface area contributed by atoms with Gasteiger partial charge < -0.3 is 0 Å². The highest BCUT2D eigenvalue weighted by molar-refractivity contribution is 6.35. The average molecular weight is 476 g/mol. The molecule has 1 aliphatic heterocycles. The van der Waals surface area contributed by atoms with Gasteiger partial charge in [0, 0.05) is 10.0 Å². The van der Waals surface area contributed by atoms with Crippen LogP contribution in [0.1, 0.15) is 22.3 Å². The Labute approximate surface area is 194 Å². The molecule has 1 saturated carbocycles. The standard InChI is InChI=1S/C23H17Cl3N2O3/c24-15-8-7-14(18(26)10-15)11-27(21(29)16-3-1-2-4-17(16)25)28-22(30)19-12-5-6-13(9-12)20(19)23(28)31/h1-8,10,12-13,19-20H,9,11H2/t12-,13-,19+,20+/m0/s1. The highest BCUT2D eigenvalue weighted by atomic mass is 35.5. The van der Waals surface area contributed by atoms with Crippen molar-refractivity contribution >= 4 is 52.5 Å². The SMILES string of the molecule is O=C(c1ccccc1Cl)N(Cc1ccc(Cl)cc1Cl)N1C(=O)[C@H]2[C@H](C1=O)[C@H]1C=C[C@H]2C1. The van der Waals surface area contributed by atoms with Gasteiger partial charge in [-0.05, 0) is 48.1 Å². The van der Waals surface area contributed by atoms with Crippen molar-refractivity contribution < 1.29 is 14.4 Å². The molecule has 1 heterocycles. The zero-order valence-corrected chi connectivity index (χ0v) is 18.4. The van der Waals surface area contributed by atoms with E-state index in [-0.39, 0.29) is 40.8 Å². The molecule has 3 amide bonds. The zero-order valence-electron chi connectivity index (χ0n) is 16.2. The van der Waals surface area contributed by atoms with Crippen LogP contribution in [0.25, 0.3) is 0 Å². The van der Waals surface area contributed by atoms with Crippen LogP contribution >= 0.6 is 34.8 Å². The Morgan fingerprint density at radius 2 is 1.58 bits per heavy atom. The van der Waals surface area contributed by atoms with Gasteiger partial charge in [-0.3, -0.25) is 14.4 Å². The second-order valence-electron chi connectivity index (χ2n) is 8.07. The first kappa shape index (κ1) is 20.6. The predicted molar refractivity (Wildman–Crippen MR) is 117 cm³/mol. The molecule has 2 aromatic carbocycles. The summed E-state index contributed by atoms with van der Waals surface area (Å²) in [5, 5.41) is 3.20. The molecule has 2 aliphatic carbocycles. The summed E-state index contributed by atoms with van der Waals surface area (Å²) < 4.78 is 0. The molecule has 4 atom stereocenters. The number of hydrogen-bond acceptors (Lipinski definition) is 3. The van der Waals surface area contributed by atoms with Gasteiger partial charge in [0.05, 0.1) is 29.0 Å². The Bertz CT molecular complexity index is 1120. The van der Waals surface area contributed by atoms with Gasteiger partial charge in [-0.1, -0.05) is 65.2 Å². The van der Waals surface area contributed by atoms with E-state index in [0.717, 1.165) is 11.4 Å². The first-order valence-corrected chi connectivity index (χ1v) is 11.1. The minimum atomic E-state index is -0.543. The van der Waals surface area contributed by atoms with Gasteiger partial charge in [0.15, 0.2) is 0 Å². The Balaban J connectivity index is 1.56. The van der Waals surface area contributed by atoms with E-state index in [2.05, 4.69) is 0 Å². The van der Waals surface area contributed by atoms with Crippen LogP contribution in [0.2, 0.25) is 15.1 Å². The number of nitrogens with zero attached hydrogens (tertiary/aromatic N) is 2. The highest BCUT2D eigenvalue weighted by Gasteiger charge is 2.61. The number of imide groups is 1. The molecular weight excluding hydrogens is 459 g/mol. The fourth-order valence-corrected chi connectivity index (χ4v) is 5.63. The number of hydrogen-bond donors (Lipinski definition) is 0. The van der Waals surface area contributed by atoms with Gasteiger partial charge in [-0.2, -0.15) is 5.01 Å². The maximum absolute atomic E-state index is 13.5. The summed E-state index contributed by atoms with van der Waals surface area (Å²) in [5.41, 5.74) is 0.762. The molecule has 1 saturated heterocycles. The van der Waals surface area contributed by atoms with Crippen molar-refractivity contribution in [3.63, 3.8) is 0 Å². The molecule has 2 fully saturated rings. The van der Waals surface area contributed by atoms with Crippen LogP contribution in [-0.4, -0.2) is 27.7 Å². The molecule has 0 radical (unpaired) electrons. The van der Waals surface area contributed by atoms with E-state index in [1.807, 2.05) is 12.2 Å². The summed E-state index contributed by atoms with van der Waals surface area (Å²) in [6, 6.07) is 11.4. The van der Waals surface area contributed by atoms with Crippen molar-refractivity contribution in [2.45, 2.75) is 13.0 Å². The lowest BCUT2D eigenvalue weighted by Crippen LogP contribution is -2.50. The van der Waals surface area contributed by atoms with Crippen molar-refractivity contribution in [1.29, 1.82) is 0 Å². The Kier molecular flexibility index (Phi) is 5.08. The molecular formula is C23H17Cl3N2O3. The molecule has 0 N–H and O–H groups in total. The average Bonchev–Trinajstić information content (AvgIpc) is 3.42. The molecule has 5 rings (SSSR count). The quantitative estimate of drug-likeness (QED) is 0.461. The third-order valence-corrected chi connectivity index (χ3v) is 7.28. The number of hydrazine groups is 1. The molecule has 8 heteroatoms. The summed E-state index contributed by atoms with van der Waals surface area (Å²) in [7, 11) is 0. The van der Waals surface area contributed by atoms with Crippen molar-refractivity contribution in [2.24, 2.45) is 23.7 Å². The van der Waals surface area contributed by atoms with Crippen LogP contribution in [0.5, 0.6) is 0 Å². The van der Waals surface area contributed by atoms with E-state index in [9.17, 15) is 14.4 Å². The zero-order chi connectivity index (χ0) is 21.9. The molecule has 0 spiro atoms. The fraction of sp³-hybridized carbons (Fsp3) is 0.261. The number of halogens is 3. The van der Waals surface area contributed by atoms with E-state index < -0.39 is 17.7 Å². The van der Waals surface area contributed by atoms with Crippen molar-refractivity contribution in [3.8, 4) is 0 Å². The second-order valence-corrected chi connectivity index (χ2v) is 9.32. The number of carbonyl (C=O) groups is 3. The predicted octanol–water partition coefficient (Wildman–Crippen LogP) is 5.01. The summed E-state index contributed by atoms with van der Waals surface area (Å²) in [4.78, 5) is 40.3. The topological polar surface area (TPSA) is 57.7 Å². The van der Waals surface area contributed by atoms with Crippen LogP contribution in [0.15, 0.2) is 54.6 Å². The molecule has 5 nitrogen and oxygen atoms in total. The van der Waals surface area contributed by atoms with Gasteiger partial charge in [-0.15, -0.1) is 0 Å². The summed E-state index contributed by atoms with van der Waals surface area (Å²) >= 11 is 18.6. The molecule has 158 valence electrons. The van der Waals surface area contributed by atoms with Gasteiger partial charge in [0.1, 0.15) is 0 Å². The Morgan fingerprint density at radius 1 is 0.935 bits per heavy atom. The number of carbonyl (C=O) groups excluding carboxylic acids is 3. The Hall–Kier alpha value is -2.34. The Morgan fingerprint density at radius 3 is 2.19 bits per heavy atom. The van der Waals surface area contributed by atoms with Crippen LogP contribution in [0.4, 0.5) is 0 Å². The third kappa shape index (κ3) is 3.27. The van der Waals surface area contributed by atoms with Crippen LogP contribution in [0.3, 0.4) is 0 Å². The van der Waals surface area contributed by atoms with Crippen LogP contribution in [0, 0.1) is 23.7 Å². The minimum absolute atomic E-state index is 0.0350. The molecule has 2 aromatic rings. The van der Waals surface area contributed by atoms with Gasteiger partial charge in [0.2, 0.25) is 0 Å². The summed E-state index contributed by atoms with van der Waals surface area (Å²) in [6.45, 7) is -0.0697. The first-order chi connectivity index (χ1) is 14.9. The second kappa shape index (κ2) is 7.66. The lowest BCUT2D eigenvalue weighted by molar-refractivity contribution is -0.156. The number of benzene rings is 2. The number of rotatable bonds is 4. The lowest BCUT2D eigenvalue weighted by atomic mass is 9.85. The van der Waals surface area contributed by atoms with E-state index in [1.165, 1.54) is 5.01 Å². The molecule has 0 unspecified atom stereocenters. The third-order valence-electron chi connectivity index (χ3n) is 6.36. The van der Waals surface area contributed by atoms with Gasteiger partial charge >= 0.3 is 0 Å². The largest absolute Gasteiger partial charge is 0.274 e. The van der Waals surface area contributed by atoms with Crippen LogP contribution < -0.4 is 0 Å². The van der Waals surface area contributed by atoms with E-state index in [0.29, 0.717) is 15.6 Å². The summed E-state index contributed by atoms with van der Waals surface area (Å²) in [6.07, 6.45) is 4.83. The first-order valence-electron chi connectivity index (χ1n) is 9.93. The van der Waals surface area contributed by atoms with E-state index in [1.54, 1.807) is 42.5 Å². The highest BCUT2D eigenvalue weighted by Crippen LogP contribution is 2.53. The maximum Gasteiger partial charge on any atom is 0.274 e. The van der Waals surface area contributed by atoms with E-state index in [4.69, 9.17) is 34.8 Å².